The summed E-state index contributed by atoms with van der Waals surface area (Å²) in [6.07, 6.45) is 0.777. The van der Waals surface area contributed by atoms with Crippen LogP contribution in [-0.2, 0) is 4.79 Å². The molecule has 0 aromatic rings. The highest BCUT2D eigenvalue weighted by Crippen LogP contribution is 2.31. The molecule has 0 saturated carbocycles. The molecule has 0 aromatic heterocycles. The van der Waals surface area contributed by atoms with E-state index in [1.807, 2.05) is 6.92 Å². The molecule has 0 bridgehead atoms. The number of alkyl halides is 3. The molecule has 1 fully saturated rings. The first-order valence-corrected chi connectivity index (χ1v) is 6.02. The number of thioether (sulfide) groups is 1. The van der Waals surface area contributed by atoms with Crippen molar-refractivity contribution < 1.29 is 18.0 Å². The van der Waals surface area contributed by atoms with Crippen molar-refractivity contribution in [3.63, 3.8) is 0 Å². The number of hydrogen-bond donors (Lipinski definition) is 1. The fourth-order valence-corrected chi connectivity index (χ4v) is 2.34. The van der Waals surface area contributed by atoms with Crippen LogP contribution in [0.1, 0.15) is 13.3 Å². The molecule has 0 aromatic carbocycles. The fraction of sp³-hybridized carbons (Fsp3) is 0.889. The first-order valence-electron chi connectivity index (χ1n) is 5.03. The first-order chi connectivity index (χ1) is 7.33. The number of amides is 1. The average molecular weight is 256 g/mol. The van der Waals surface area contributed by atoms with Crippen LogP contribution in [0.2, 0.25) is 0 Å². The van der Waals surface area contributed by atoms with Crippen LogP contribution < -0.4 is 5.73 Å². The molecule has 1 amide bonds. The van der Waals surface area contributed by atoms with Crippen molar-refractivity contribution in [2.75, 3.05) is 18.8 Å². The molecule has 1 saturated heterocycles. The molecule has 1 rings (SSSR count). The zero-order valence-electron chi connectivity index (χ0n) is 8.96. The molecule has 1 heterocycles. The summed E-state index contributed by atoms with van der Waals surface area (Å²) in [7, 11) is 0. The van der Waals surface area contributed by atoms with Crippen molar-refractivity contribution in [2.45, 2.75) is 24.9 Å². The second kappa shape index (κ2) is 5.27. The molecule has 2 N–H and O–H groups in total. The SMILES string of the molecule is CC1CC(CN)CN1C(=O)CSC(F)(F)F. The molecule has 2 atom stereocenters. The van der Waals surface area contributed by atoms with E-state index >= 15 is 0 Å². The van der Waals surface area contributed by atoms with Crippen LogP contribution in [0.15, 0.2) is 0 Å². The Morgan fingerprint density at radius 3 is 2.62 bits per heavy atom. The van der Waals surface area contributed by atoms with Gasteiger partial charge >= 0.3 is 5.51 Å². The maximum atomic E-state index is 11.9. The van der Waals surface area contributed by atoms with Gasteiger partial charge in [-0.2, -0.15) is 13.2 Å². The van der Waals surface area contributed by atoms with Crippen LogP contribution in [0.5, 0.6) is 0 Å². The summed E-state index contributed by atoms with van der Waals surface area (Å²) >= 11 is -0.283. The molecule has 0 aliphatic carbocycles. The van der Waals surface area contributed by atoms with Crippen LogP contribution in [0.25, 0.3) is 0 Å². The molecule has 1 aliphatic rings. The highest BCUT2D eigenvalue weighted by atomic mass is 32.2. The molecule has 3 nitrogen and oxygen atoms in total. The lowest BCUT2D eigenvalue weighted by Gasteiger charge is -2.21. The summed E-state index contributed by atoms with van der Waals surface area (Å²) in [4.78, 5) is 13.0. The Kier molecular flexibility index (Phi) is 4.49. The molecule has 94 valence electrons. The van der Waals surface area contributed by atoms with Crippen LogP contribution in [0.4, 0.5) is 13.2 Å². The Labute approximate surface area is 96.5 Å². The lowest BCUT2D eigenvalue weighted by Crippen LogP contribution is -2.36. The predicted octanol–water partition coefficient (Wildman–Crippen LogP) is 1.44. The molecule has 1 aliphatic heterocycles. The fourth-order valence-electron chi connectivity index (χ4n) is 1.89. The third kappa shape index (κ3) is 3.86. The zero-order valence-corrected chi connectivity index (χ0v) is 9.77. The van der Waals surface area contributed by atoms with E-state index in [9.17, 15) is 18.0 Å². The minimum absolute atomic E-state index is 0.00474. The van der Waals surface area contributed by atoms with Crippen LogP contribution in [0, 0.1) is 5.92 Å². The van der Waals surface area contributed by atoms with Gasteiger partial charge in [0.15, 0.2) is 0 Å². The third-order valence-electron chi connectivity index (χ3n) is 2.67. The van der Waals surface area contributed by atoms with E-state index in [1.54, 1.807) is 0 Å². The van der Waals surface area contributed by atoms with Gasteiger partial charge in [-0.3, -0.25) is 4.79 Å². The standard InChI is InChI=1S/C9H15F3N2OS/c1-6-2-7(3-13)4-14(6)8(15)5-16-9(10,11)12/h6-7H,2-5,13H2,1H3. The molecule has 7 heteroatoms. The number of nitrogens with zero attached hydrogens (tertiary/aromatic N) is 1. The number of nitrogens with two attached hydrogens (primary N) is 1. The molecule has 0 spiro atoms. The van der Waals surface area contributed by atoms with Gasteiger partial charge in [0.25, 0.3) is 0 Å². The number of hydrogen-bond acceptors (Lipinski definition) is 3. The normalized spacial score (nSPS) is 26.2. The number of carbonyl (C=O) groups excluding carboxylic acids is 1. The van der Waals surface area contributed by atoms with E-state index in [0.29, 0.717) is 13.1 Å². The van der Waals surface area contributed by atoms with Crippen LogP contribution in [0.3, 0.4) is 0 Å². The Morgan fingerprint density at radius 1 is 1.56 bits per heavy atom. The van der Waals surface area contributed by atoms with Crippen molar-refractivity contribution in [3.8, 4) is 0 Å². The highest BCUT2D eigenvalue weighted by molar-refractivity contribution is 8.00. The lowest BCUT2D eigenvalue weighted by atomic mass is 10.1. The van der Waals surface area contributed by atoms with Gasteiger partial charge in [0.1, 0.15) is 0 Å². The maximum Gasteiger partial charge on any atom is 0.442 e. The van der Waals surface area contributed by atoms with Crippen molar-refractivity contribution in [1.82, 2.24) is 4.90 Å². The quantitative estimate of drug-likeness (QED) is 0.831. The van der Waals surface area contributed by atoms with Gasteiger partial charge < -0.3 is 10.6 Å². The van der Waals surface area contributed by atoms with Gasteiger partial charge in [0.2, 0.25) is 5.91 Å². The summed E-state index contributed by atoms with van der Waals surface area (Å²) in [5.41, 5.74) is 1.14. The monoisotopic (exact) mass is 256 g/mol. The van der Waals surface area contributed by atoms with E-state index in [4.69, 9.17) is 5.73 Å². The molecule has 0 radical (unpaired) electrons. The Morgan fingerprint density at radius 2 is 2.19 bits per heavy atom. The van der Waals surface area contributed by atoms with E-state index in [2.05, 4.69) is 0 Å². The lowest BCUT2D eigenvalue weighted by molar-refractivity contribution is -0.129. The predicted molar refractivity (Wildman–Crippen MR) is 56.8 cm³/mol. The zero-order chi connectivity index (χ0) is 12.3. The second-order valence-electron chi connectivity index (χ2n) is 3.97. The summed E-state index contributed by atoms with van der Waals surface area (Å²) in [5, 5.41) is 0. The smallest absolute Gasteiger partial charge is 0.339 e. The van der Waals surface area contributed by atoms with Crippen molar-refractivity contribution in [3.05, 3.63) is 0 Å². The van der Waals surface area contributed by atoms with Gasteiger partial charge in [-0.15, -0.1) is 0 Å². The molecule has 2 unspecified atom stereocenters. The van der Waals surface area contributed by atoms with Crippen LogP contribution in [-0.4, -0.2) is 41.2 Å². The Bertz CT molecular complexity index is 260. The van der Waals surface area contributed by atoms with E-state index < -0.39 is 17.2 Å². The van der Waals surface area contributed by atoms with Crippen molar-refractivity contribution in [2.24, 2.45) is 11.7 Å². The highest BCUT2D eigenvalue weighted by Gasteiger charge is 2.34. The molecular formula is C9H15F3N2OS. The largest absolute Gasteiger partial charge is 0.442 e. The van der Waals surface area contributed by atoms with Gasteiger partial charge in [-0.1, -0.05) is 0 Å². The summed E-state index contributed by atoms with van der Waals surface area (Å²) < 4.78 is 35.7. The van der Waals surface area contributed by atoms with Crippen molar-refractivity contribution >= 4 is 17.7 Å². The number of carbonyl (C=O) groups is 1. The molecular weight excluding hydrogens is 241 g/mol. The van der Waals surface area contributed by atoms with E-state index in [-0.39, 0.29) is 23.7 Å². The molecule has 16 heavy (non-hydrogen) atoms. The topological polar surface area (TPSA) is 46.3 Å². The van der Waals surface area contributed by atoms with Gasteiger partial charge in [0, 0.05) is 12.6 Å². The minimum Gasteiger partial charge on any atom is -0.339 e. The van der Waals surface area contributed by atoms with Crippen LogP contribution >= 0.6 is 11.8 Å². The number of likely N-dealkylation sites (tertiary alicyclic amines) is 1. The van der Waals surface area contributed by atoms with Crippen molar-refractivity contribution in [1.29, 1.82) is 0 Å². The summed E-state index contributed by atoms with van der Waals surface area (Å²) in [6.45, 7) is 2.79. The van der Waals surface area contributed by atoms with Gasteiger partial charge in [0.05, 0.1) is 5.75 Å². The Hall–Kier alpha value is -0.430. The summed E-state index contributed by atoms with van der Waals surface area (Å²) in [5.74, 6) is -0.772. The first kappa shape index (κ1) is 13.6. The number of halogens is 3. The Balaban J connectivity index is 2.43. The summed E-state index contributed by atoms with van der Waals surface area (Å²) in [6, 6.07) is -0.00474. The average Bonchev–Trinajstić information content (AvgIpc) is 2.55. The van der Waals surface area contributed by atoms with Gasteiger partial charge in [-0.25, -0.2) is 0 Å². The number of rotatable bonds is 3. The maximum absolute atomic E-state index is 11.9. The van der Waals surface area contributed by atoms with Gasteiger partial charge in [-0.05, 0) is 37.6 Å². The third-order valence-corrected chi connectivity index (χ3v) is 3.39. The second-order valence-corrected chi connectivity index (χ2v) is 5.01. The van der Waals surface area contributed by atoms with E-state index in [0.717, 1.165) is 6.42 Å². The minimum atomic E-state index is -4.34. The van der Waals surface area contributed by atoms with E-state index in [1.165, 1.54) is 4.90 Å².